The van der Waals surface area contributed by atoms with Gasteiger partial charge in [-0.2, -0.15) is 0 Å². The van der Waals surface area contributed by atoms with Gasteiger partial charge in [-0.15, -0.1) is 0 Å². The Morgan fingerprint density at radius 1 is 0.850 bits per heavy atom. The van der Waals surface area contributed by atoms with Gasteiger partial charge in [0.15, 0.2) is 5.78 Å². The van der Waals surface area contributed by atoms with Crippen molar-refractivity contribution in [2.45, 2.75) is 39.3 Å². The van der Waals surface area contributed by atoms with Gasteiger partial charge in [0, 0.05) is 50.4 Å². The predicted octanol–water partition coefficient (Wildman–Crippen LogP) is 5.65. The van der Waals surface area contributed by atoms with E-state index in [9.17, 15) is 9.59 Å². The van der Waals surface area contributed by atoms with Crippen molar-refractivity contribution in [1.82, 2.24) is 9.80 Å². The largest absolute Gasteiger partial charge is 0.357 e. The van der Waals surface area contributed by atoms with Crippen molar-refractivity contribution in [3.05, 3.63) is 107 Å². The number of Topliss-reactive ketones (excluding diaryl/α,β-unsaturated/α-hetero) is 1. The van der Waals surface area contributed by atoms with E-state index in [1.54, 1.807) is 0 Å². The molecule has 2 heterocycles. The summed E-state index contributed by atoms with van der Waals surface area (Å²) >= 11 is 0. The SMILES string of the molecule is CC1(C)CC(=O)C2=C(C1)Nc1ccccc1N(CC(=O)N1CCN(Cc3ccccc3)CC1)C2c1ccccc1. The van der Waals surface area contributed by atoms with Gasteiger partial charge in [0.05, 0.1) is 24.0 Å². The lowest BCUT2D eigenvalue weighted by Crippen LogP contribution is -2.51. The Morgan fingerprint density at radius 2 is 1.50 bits per heavy atom. The fourth-order valence-corrected chi connectivity index (χ4v) is 6.45. The van der Waals surface area contributed by atoms with Crippen LogP contribution in [0.25, 0.3) is 0 Å². The number of carbonyl (C=O) groups excluding carboxylic acids is 2. The Morgan fingerprint density at radius 3 is 2.23 bits per heavy atom. The summed E-state index contributed by atoms with van der Waals surface area (Å²) < 4.78 is 0. The van der Waals surface area contributed by atoms with Crippen LogP contribution in [0.15, 0.2) is 96.2 Å². The Kier molecular flexibility index (Phi) is 7.20. The molecule has 6 rings (SSSR count). The van der Waals surface area contributed by atoms with Crippen molar-refractivity contribution in [2.24, 2.45) is 5.41 Å². The molecule has 1 atom stereocenters. The van der Waals surface area contributed by atoms with E-state index in [1.165, 1.54) is 5.56 Å². The fourth-order valence-electron chi connectivity index (χ4n) is 6.45. The van der Waals surface area contributed by atoms with Gasteiger partial charge in [-0.3, -0.25) is 14.5 Å². The summed E-state index contributed by atoms with van der Waals surface area (Å²) in [5.41, 5.74) is 5.87. The summed E-state index contributed by atoms with van der Waals surface area (Å²) in [5, 5.41) is 3.64. The third-order valence-electron chi connectivity index (χ3n) is 8.40. The van der Waals surface area contributed by atoms with E-state index >= 15 is 0 Å². The van der Waals surface area contributed by atoms with Gasteiger partial charge in [-0.25, -0.2) is 0 Å². The first kappa shape index (κ1) is 26.3. The maximum absolute atomic E-state index is 13.9. The van der Waals surface area contributed by atoms with Gasteiger partial charge in [-0.05, 0) is 35.1 Å². The molecule has 1 aliphatic carbocycles. The smallest absolute Gasteiger partial charge is 0.242 e. The van der Waals surface area contributed by atoms with E-state index in [2.05, 4.69) is 77.5 Å². The van der Waals surface area contributed by atoms with E-state index in [0.717, 1.165) is 54.3 Å². The van der Waals surface area contributed by atoms with Crippen LogP contribution in [0.3, 0.4) is 0 Å². The average Bonchev–Trinajstić information content (AvgIpc) is 3.08. The maximum atomic E-state index is 13.9. The molecule has 0 radical (unpaired) electrons. The quantitative estimate of drug-likeness (QED) is 0.459. The molecule has 2 aliphatic heterocycles. The maximum Gasteiger partial charge on any atom is 0.242 e. The number of amides is 1. The minimum Gasteiger partial charge on any atom is -0.357 e. The van der Waals surface area contributed by atoms with Crippen LogP contribution in [0.5, 0.6) is 0 Å². The van der Waals surface area contributed by atoms with E-state index in [1.807, 2.05) is 41.3 Å². The number of benzene rings is 3. The first-order valence-corrected chi connectivity index (χ1v) is 14.4. The van der Waals surface area contributed by atoms with Crippen molar-refractivity contribution >= 4 is 23.1 Å². The molecule has 6 heteroatoms. The lowest BCUT2D eigenvalue weighted by Gasteiger charge is -2.40. The average molecular weight is 535 g/mol. The van der Waals surface area contributed by atoms with Gasteiger partial charge < -0.3 is 15.1 Å². The summed E-state index contributed by atoms with van der Waals surface area (Å²) in [6, 6.07) is 28.5. The van der Waals surface area contributed by atoms with Gasteiger partial charge in [-0.1, -0.05) is 86.6 Å². The molecule has 3 aromatic carbocycles. The molecule has 0 aromatic heterocycles. The molecule has 0 spiro atoms. The van der Waals surface area contributed by atoms with Crippen LogP contribution in [0.2, 0.25) is 0 Å². The van der Waals surface area contributed by atoms with Crippen LogP contribution in [0, 0.1) is 5.41 Å². The number of carbonyl (C=O) groups is 2. The molecular formula is C34H38N4O2. The fraction of sp³-hybridized carbons (Fsp3) is 0.353. The zero-order valence-electron chi connectivity index (χ0n) is 23.5. The van der Waals surface area contributed by atoms with Gasteiger partial charge in [0.2, 0.25) is 5.91 Å². The molecule has 0 saturated carbocycles. The van der Waals surface area contributed by atoms with Crippen LogP contribution in [-0.2, 0) is 16.1 Å². The number of nitrogens with zero attached hydrogens (tertiary/aromatic N) is 3. The first-order valence-electron chi connectivity index (χ1n) is 14.4. The number of ketones is 1. The number of hydrogen-bond acceptors (Lipinski definition) is 5. The summed E-state index contributed by atoms with van der Waals surface area (Å²) in [4.78, 5) is 34.3. The van der Waals surface area contributed by atoms with Crippen molar-refractivity contribution in [3.63, 3.8) is 0 Å². The van der Waals surface area contributed by atoms with Crippen LogP contribution in [-0.4, -0.2) is 54.2 Å². The number of nitrogens with one attached hydrogen (secondary N) is 1. The Balaban J connectivity index is 1.30. The molecule has 3 aromatic rings. The highest BCUT2D eigenvalue weighted by atomic mass is 16.2. The number of para-hydroxylation sites is 2. The highest BCUT2D eigenvalue weighted by Crippen LogP contribution is 2.48. The van der Waals surface area contributed by atoms with E-state index in [0.29, 0.717) is 19.5 Å². The van der Waals surface area contributed by atoms with Gasteiger partial charge >= 0.3 is 0 Å². The van der Waals surface area contributed by atoms with E-state index < -0.39 is 0 Å². The standard InChI is InChI=1S/C34H38N4O2/c1-34(2)21-28-32(30(39)22-34)33(26-13-7-4-8-14-26)38(29-16-10-9-15-27(29)35-28)24-31(40)37-19-17-36(18-20-37)23-25-11-5-3-6-12-25/h3-16,33,35H,17-24H2,1-2H3. The zero-order valence-corrected chi connectivity index (χ0v) is 23.5. The molecule has 1 fully saturated rings. The van der Waals surface area contributed by atoms with Crippen LogP contribution in [0.4, 0.5) is 11.4 Å². The lowest BCUT2D eigenvalue weighted by atomic mass is 9.73. The minimum atomic E-state index is -0.334. The molecule has 1 amide bonds. The number of hydrogen-bond donors (Lipinski definition) is 1. The van der Waals surface area contributed by atoms with Crippen molar-refractivity contribution in [1.29, 1.82) is 0 Å². The van der Waals surface area contributed by atoms with E-state index in [4.69, 9.17) is 0 Å². The predicted molar refractivity (Wildman–Crippen MR) is 160 cm³/mol. The molecule has 1 unspecified atom stereocenters. The molecule has 206 valence electrons. The normalized spacial score (nSPS) is 20.9. The molecule has 1 N–H and O–H groups in total. The second-order valence-corrected chi connectivity index (χ2v) is 12.1. The summed E-state index contributed by atoms with van der Waals surface area (Å²) in [7, 11) is 0. The van der Waals surface area contributed by atoms with Gasteiger partial charge in [0.1, 0.15) is 0 Å². The highest BCUT2D eigenvalue weighted by Gasteiger charge is 2.42. The second-order valence-electron chi connectivity index (χ2n) is 12.1. The molecule has 1 saturated heterocycles. The van der Waals surface area contributed by atoms with E-state index in [-0.39, 0.29) is 29.7 Å². The highest BCUT2D eigenvalue weighted by molar-refractivity contribution is 6.01. The Bertz CT molecular complexity index is 1410. The van der Waals surface area contributed by atoms with Gasteiger partial charge in [0.25, 0.3) is 0 Å². The Labute approximate surface area is 237 Å². The molecule has 6 nitrogen and oxygen atoms in total. The van der Waals surface area contributed by atoms with Crippen LogP contribution >= 0.6 is 0 Å². The van der Waals surface area contributed by atoms with Crippen molar-refractivity contribution < 1.29 is 9.59 Å². The number of rotatable bonds is 5. The monoisotopic (exact) mass is 534 g/mol. The summed E-state index contributed by atoms with van der Waals surface area (Å²) in [6.07, 6.45) is 1.29. The van der Waals surface area contributed by atoms with Crippen molar-refractivity contribution in [3.8, 4) is 0 Å². The number of piperazine rings is 1. The molecule has 0 bridgehead atoms. The minimum absolute atomic E-state index is 0.0998. The third-order valence-corrected chi connectivity index (χ3v) is 8.40. The van der Waals surface area contributed by atoms with Crippen molar-refractivity contribution in [2.75, 3.05) is 42.9 Å². The summed E-state index contributed by atoms with van der Waals surface area (Å²) in [6.45, 7) is 8.54. The lowest BCUT2D eigenvalue weighted by molar-refractivity contribution is -0.131. The third kappa shape index (κ3) is 5.41. The molecular weight excluding hydrogens is 496 g/mol. The Hall–Kier alpha value is -3.90. The summed E-state index contributed by atoms with van der Waals surface area (Å²) in [5.74, 6) is 0.259. The van der Waals surface area contributed by atoms with Crippen LogP contribution < -0.4 is 10.2 Å². The number of allylic oxidation sites excluding steroid dienone is 1. The number of fused-ring (bicyclic) bond motifs is 1. The molecule has 40 heavy (non-hydrogen) atoms. The topological polar surface area (TPSA) is 55.9 Å². The molecule has 3 aliphatic rings. The zero-order chi connectivity index (χ0) is 27.7. The van der Waals surface area contributed by atoms with Crippen LogP contribution in [0.1, 0.15) is 43.9 Å². The second kappa shape index (κ2) is 10.9. The first-order chi connectivity index (χ1) is 19.4. The number of anilines is 2.